The monoisotopic (exact) mass is 338 g/mol. The van der Waals surface area contributed by atoms with Crippen LogP contribution in [0.2, 0.25) is 0 Å². The molecule has 0 spiro atoms. The molecule has 1 saturated carbocycles. The molecule has 0 radical (unpaired) electrons. The van der Waals surface area contributed by atoms with Gasteiger partial charge >= 0.3 is 0 Å². The number of aryl methyl sites for hydroxylation is 1. The van der Waals surface area contributed by atoms with Gasteiger partial charge in [-0.2, -0.15) is 0 Å². The summed E-state index contributed by atoms with van der Waals surface area (Å²) in [6.45, 7) is 2.53. The Labute approximate surface area is 149 Å². The molecule has 5 nitrogen and oxygen atoms in total. The highest BCUT2D eigenvalue weighted by Crippen LogP contribution is 2.20. The number of nitrogens with one attached hydrogen (secondary N) is 2. The first-order valence-electron chi connectivity index (χ1n) is 9.13. The molecule has 3 rings (SSSR count). The third-order valence-corrected chi connectivity index (χ3v) is 4.67. The minimum absolute atomic E-state index is 0.200. The summed E-state index contributed by atoms with van der Waals surface area (Å²) in [5.41, 5.74) is 2.62. The van der Waals surface area contributed by atoms with Gasteiger partial charge in [0.15, 0.2) is 0 Å². The van der Waals surface area contributed by atoms with Crippen LogP contribution in [0.25, 0.3) is 0 Å². The smallest absolute Gasteiger partial charge is 0.271 e. The van der Waals surface area contributed by atoms with Crippen molar-refractivity contribution in [3.8, 4) is 0 Å². The molecule has 1 amide bonds. The molecule has 25 heavy (non-hydrogen) atoms. The molecule has 1 aromatic carbocycles. The predicted octanol–water partition coefficient (Wildman–Crippen LogP) is 3.85. The molecule has 0 unspecified atom stereocenters. The third-order valence-electron chi connectivity index (χ3n) is 4.67. The van der Waals surface area contributed by atoms with Gasteiger partial charge in [-0.05, 0) is 25.3 Å². The molecule has 5 heteroatoms. The van der Waals surface area contributed by atoms with Crippen molar-refractivity contribution < 1.29 is 4.79 Å². The zero-order valence-electron chi connectivity index (χ0n) is 14.8. The Morgan fingerprint density at radius 3 is 2.40 bits per heavy atom. The maximum absolute atomic E-state index is 12.2. The lowest BCUT2D eigenvalue weighted by molar-refractivity contribution is 0.0945. The summed E-state index contributed by atoms with van der Waals surface area (Å²) < 4.78 is 0. The molecule has 0 bridgehead atoms. The minimum atomic E-state index is -0.200. The first-order valence-corrected chi connectivity index (χ1v) is 9.13. The zero-order valence-corrected chi connectivity index (χ0v) is 14.8. The minimum Gasteiger partial charge on any atom is -0.366 e. The number of carbonyl (C=O) groups is 1. The van der Waals surface area contributed by atoms with Gasteiger partial charge in [0, 0.05) is 12.6 Å². The van der Waals surface area contributed by atoms with E-state index < -0.39 is 0 Å². The SMILES string of the molecule is Cc1ccc(CNC(=O)c2cnc(NC3CCCCCC3)cn2)cc1. The number of benzene rings is 1. The molecular weight excluding hydrogens is 312 g/mol. The Bertz CT molecular complexity index is 674. The molecule has 1 heterocycles. The number of anilines is 1. The molecule has 1 aliphatic carbocycles. The van der Waals surface area contributed by atoms with Crippen molar-refractivity contribution in [3.63, 3.8) is 0 Å². The second-order valence-electron chi connectivity index (χ2n) is 6.79. The molecule has 0 aliphatic heterocycles. The van der Waals surface area contributed by atoms with Gasteiger partial charge in [-0.1, -0.05) is 55.5 Å². The molecule has 0 saturated heterocycles. The summed E-state index contributed by atoms with van der Waals surface area (Å²) >= 11 is 0. The van der Waals surface area contributed by atoms with E-state index in [0.29, 0.717) is 18.3 Å². The van der Waals surface area contributed by atoms with Crippen molar-refractivity contribution in [2.75, 3.05) is 5.32 Å². The van der Waals surface area contributed by atoms with Crippen LogP contribution in [0.15, 0.2) is 36.7 Å². The topological polar surface area (TPSA) is 66.9 Å². The Morgan fingerprint density at radius 1 is 1.04 bits per heavy atom. The maximum atomic E-state index is 12.2. The number of hydrogen-bond donors (Lipinski definition) is 2. The second kappa shape index (κ2) is 8.60. The van der Waals surface area contributed by atoms with E-state index in [-0.39, 0.29) is 5.91 Å². The molecule has 132 valence electrons. The lowest BCUT2D eigenvalue weighted by Gasteiger charge is -2.16. The molecule has 1 aromatic heterocycles. The normalized spacial score (nSPS) is 15.4. The van der Waals surface area contributed by atoms with Crippen molar-refractivity contribution in [2.45, 2.75) is 58.0 Å². The van der Waals surface area contributed by atoms with E-state index in [1.54, 1.807) is 12.4 Å². The van der Waals surface area contributed by atoms with Crippen LogP contribution >= 0.6 is 0 Å². The highest BCUT2D eigenvalue weighted by Gasteiger charge is 2.13. The molecule has 2 N–H and O–H groups in total. The zero-order chi connectivity index (χ0) is 17.5. The number of hydrogen-bond acceptors (Lipinski definition) is 4. The lowest BCUT2D eigenvalue weighted by atomic mass is 10.1. The van der Waals surface area contributed by atoms with Crippen LogP contribution in [0.5, 0.6) is 0 Å². The van der Waals surface area contributed by atoms with E-state index in [2.05, 4.69) is 20.6 Å². The van der Waals surface area contributed by atoms with Crippen LogP contribution < -0.4 is 10.6 Å². The first kappa shape index (κ1) is 17.4. The molecule has 2 aromatic rings. The fourth-order valence-electron chi connectivity index (χ4n) is 3.13. The Morgan fingerprint density at radius 2 is 1.76 bits per heavy atom. The van der Waals surface area contributed by atoms with Crippen LogP contribution in [0.3, 0.4) is 0 Å². The van der Waals surface area contributed by atoms with E-state index in [1.807, 2.05) is 31.2 Å². The largest absolute Gasteiger partial charge is 0.366 e. The van der Waals surface area contributed by atoms with E-state index >= 15 is 0 Å². The summed E-state index contributed by atoms with van der Waals surface area (Å²) in [5, 5.41) is 6.33. The number of carbonyl (C=O) groups excluding carboxylic acids is 1. The van der Waals surface area contributed by atoms with Gasteiger partial charge in [0.25, 0.3) is 5.91 Å². The summed E-state index contributed by atoms with van der Waals surface area (Å²) in [6.07, 6.45) is 10.7. The average Bonchev–Trinajstić information content (AvgIpc) is 2.90. The summed E-state index contributed by atoms with van der Waals surface area (Å²) in [4.78, 5) is 20.8. The van der Waals surface area contributed by atoms with Crippen molar-refractivity contribution in [2.24, 2.45) is 0 Å². The highest BCUT2D eigenvalue weighted by atomic mass is 16.1. The number of nitrogens with zero attached hydrogens (tertiary/aromatic N) is 2. The van der Waals surface area contributed by atoms with Gasteiger partial charge in [0.05, 0.1) is 12.4 Å². The van der Waals surface area contributed by atoms with E-state index in [9.17, 15) is 4.79 Å². The second-order valence-corrected chi connectivity index (χ2v) is 6.79. The maximum Gasteiger partial charge on any atom is 0.271 e. The quantitative estimate of drug-likeness (QED) is 0.813. The van der Waals surface area contributed by atoms with Crippen molar-refractivity contribution in [1.29, 1.82) is 0 Å². The fourth-order valence-corrected chi connectivity index (χ4v) is 3.13. The lowest BCUT2D eigenvalue weighted by Crippen LogP contribution is -2.24. The van der Waals surface area contributed by atoms with Gasteiger partial charge in [0.1, 0.15) is 11.5 Å². The molecule has 0 atom stereocenters. The van der Waals surface area contributed by atoms with Crippen LogP contribution in [-0.4, -0.2) is 21.9 Å². The van der Waals surface area contributed by atoms with E-state index in [1.165, 1.54) is 44.1 Å². The Kier molecular flexibility index (Phi) is 5.99. The van der Waals surface area contributed by atoms with Gasteiger partial charge in [-0.25, -0.2) is 9.97 Å². The van der Waals surface area contributed by atoms with Crippen LogP contribution in [0.1, 0.15) is 60.1 Å². The summed E-state index contributed by atoms with van der Waals surface area (Å²) in [5.74, 6) is 0.552. The highest BCUT2D eigenvalue weighted by molar-refractivity contribution is 5.91. The average molecular weight is 338 g/mol. The summed E-state index contributed by atoms with van der Waals surface area (Å²) in [6, 6.07) is 8.57. The first-order chi connectivity index (χ1) is 12.2. The molecular formula is C20H26N4O. The molecule has 1 aliphatic rings. The van der Waals surface area contributed by atoms with Crippen molar-refractivity contribution >= 4 is 11.7 Å². The Balaban J connectivity index is 1.52. The van der Waals surface area contributed by atoms with E-state index in [0.717, 1.165) is 11.4 Å². The Hall–Kier alpha value is -2.43. The van der Waals surface area contributed by atoms with Crippen molar-refractivity contribution in [3.05, 3.63) is 53.5 Å². The van der Waals surface area contributed by atoms with Crippen molar-refractivity contribution in [1.82, 2.24) is 15.3 Å². The van der Waals surface area contributed by atoms with Crippen LogP contribution in [0, 0.1) is 6.92 Å². The third kappa shape index (κ3) is 5.28. The van der Waals surface area contributed by atoms with Gasteiger partial charge < -0.3 is 10.6 Å². The van der Waals surface area contributed by atoms with Gasteiger partial charge in [-0.15, -0.1) is 0 Å². The van der Waals surface area contributed by atoms with Crippen LogP contribution in [-0.2, 0) is 6.54 Å². The molecule has 1 fully saturated rings. The standard InChI is InChI=1S/C20H26N4O/c1-15-8-10-16(11-9-15)12-23-20(25)18-13-22-19(14-21-18)24-17-6-4-2-3-5-7-17/h8-11,13-14,17H,2-7,12H2,1H3,(H,22,24)(H,23,25). The van der Waals surface area contributed by atoms with E-state index in [4.69, 9.17) is 0 Å². The number of amides is 1. The predicted molar refractivity (Wildman–Crippen MR) is 99.5 cm³/mol. The fraction of sp³-hybridized carbons (Fsp3) is 0.450. The number of aromatic nitrogens is 2. The van der Waals surface area contributed by atoms with Gasteiger partial charge in [0.2, 0.25) is 0 Å². The number of rotatable bonds is 5. The van der Waals surface area contributed by atoms with Gasteiger partial charge in [-0.3, -0.25) is 4.79 Å². The summed E-state index contributed by atoms with van der Waals surface area (Å²) in [7, 11) is 0. The van der Waals surface area contributed by atoms with Crippen LogP contribution in [0.4, 0.5) is 5.82 Å².